The number of hydrogen-bond donors (Lipinski definition) is 1. The second kappa shape index (κ2) is 10.9. The third-order valence-corrected chi connectivity index (χ3v) is 5.70. The second-order valence-corrected chi connectivity index (χ2v) is 8.75. The highest BCUT2D eigenvalue weighted by Crippen LogP contribution is 2.27. The minimum atomic E-state index is -3.68. The molecule has 0 saturated carbocycles. The summed E-state index contributed by atoms with van der Waals surface area (Å²) in [4.78, 5) is 12.2. The standard InChI is InChI=1S/C21H27FN2O5S/c1-28-19-11-10-16(13-20(19)29-2)7-6-12-23-21(25)15-24(30(3,26)27)14-17-8-4-5-9-18(17)22/h4-5,8-11,13H,6-7,12,14-15H2,1-3H3,(H,23,25). The van der Waals surface area contributed by atoms with Crippen molar-refractivity contribution in [3.05, 3.63) is 59.4 Å². The van der Waals surface area contributed by atoms with Crippen molar-refractivity contribution < 1.29 is 27.1 Å². The average molecular weight is 439 g/mol. The number of methoxy groups -OCH3 is 2. The van der Waals surface area contributed by atoms with Crippen LogP contribution < -0.4 is 14.8 Å². The van der Waals surface area contributed by atoms with E-state index in [0.29, 0.717) is 30.9 Å². The van der Waals surface area contributed by atoms with Crippen molar-refractivity contribution in [3.8, 4) is 11.5 Å². The van der Waals surface area contributed by atoms with E-state index < -0.39 is 21.7 Å². The van der Waals surface area contributed by atoms with Crippen LogP contribution in [-0.2, 0) is 27.8 Å². The number of benzene rings is 2. The summed E-state index contributed by atoms with van der Waals surface area (Å²) >= 11 is 0. The Morgan fingerprint density at radius 3 is 2.43 bits per heavy atom. The number of carbonyl (C=O) groups is 1. The number of hydrogen-bond acceptors (Lipinski definition) is 5. The molecule has 7 nitrogen and oxygen atoms in total. The second-order valence-electron chi connectivity index (χ2n) is 6.77. The van der Waals surface area contributed by atoms with Gasteiger partial charge in [0.25, 0.3) is 0 Å². The maximum Gasteiger partial charge on any atom is 0.235 e. The van der Waals surface area contributed by atoms with Gasteiger partial charge < -0.3 is 14.8 Å². The van der Waals surface area contributed by atoms with Crippen molar-refractivity contribution in [2.45, 2.75) is 19.4 Å². The van der Waals surface area contributed by atoms with Gasteiger partial charge in [0.15, 0.2) is 11.5 Å². The summed E-state index contributed by atoms with van der Waals surface area (Å²) in [7, 11) is -0.548. The Kier molecular flexibility index (Phi) is 8.61. The molecule has 1 N–H and O–H groups in total. The van der Waals surface area contributed by atoms with Crippen LogP contribution in [0.1, 0.15) is 17.5 Å². The predicted octanol–water partition coefficient (Wildman–Crippen LogP) is 2.35. The highest BCUT2D eigenvalue weighted by molar-refractivity contribution is 7.88. The third kappa shape index (κ3) is 7.00. The first-order chi connectivity index (χ1) is 14.2. The zero-order valence-corrected chi connectivity index (χ0v) is 18.2. The van der Waals surface area contributed by atoms with E-state index in [1.807, 2.05) is 18.2 Å². The third-order valence-electron chi connectivity index (χ3n) is 4.51. The Bertz CT molecular complexity index is 966. The maximum absolute atomic E-state index is 13.8. The summed E-state index contributed by atoms with van der Waals surface area (Å²) < 4.78 is 49.3. The summed E-state index contributed by atoms with van der Waals surface area (Å²) in [6.07, 6.45) is 2.36. The van der Waals surface area contributed by atoms with Gasteiger partial charge in [-0.3, -0.25) is 4.79 Å². The number of aryl methyl sites for hydroxylation is 1. The molecular weight excluding hydrogens is 411 g/mol. The fourth-order valence-corrected chi connectivity index (χ4v) is 3.60. The van der Waals surface area contributed by atoms with Gasteiger partial charge in [-0.05, 0) is 36.6 Å². The topological polar surface area (TPSA) is 84.9 Å². The van der Waals surface area contributed by atoms with Crippen LogP contribution in [0.2, 0.25) is 0 Å². The molecule has 30 heavy (non-hydrogen) atoms. The minimum Gasteiger partial charge on any atom is -0.493 e. The average Bonchev–Trinajstić information content (AvgIpc) is 2.71. The normalized spacial score (nSPS) is 11.4. The molecule has 164 valence electrons. The number of amides is 1. The number of nitrogens with zero attached hydrogens (tertiary/aromatic N) is 1. The molecule has 0 aromatic heterocycles. The fourth-order valence-electron chi connectivity index (χ4n) is 2.88. The maximum atomic E-state index is 13.8. The summed E-state index contributed by atoms with van der Waals surface area (Å²) in [6, 6.07) is 11.5. The van der Waals surface area contributed by atoms with E-state index in [1.165, 1.54) is 18.2 Å². The smallest absolute Gasteiger partial charge is 0.235 e. The van der Waals surface area contributed by atoms with Gasteiger partial charge in [0, 0.05) is 18.7 Å². The molecule has 0 aliphatic rings. The monoisotopic (exact) mass is 438 g/mol. The van der Waals surface area contributed by atoms with Crippen LogP contribution in [0.25, 0.3) is 0 Å². The first-order valence-corrected chi connectivity index (χ1v) is 11.3. The minimum absolute atomic E-state index is 0.204. The molecule has 2 aromatic rings. The van der Waals surface area contributed by atoms with Crippen molar-refractivity contribution in [1.82, 2.24) is 9.62 Å². The molecular formula is C21H27FN2O5S. The molecule has 0 aliphatic heterocycles. The Morgan fingerprint density at radius 2 is 1.80 bits per heavy atom. The first kappa shape index (κ1) is 23.6. The van der Waals surface area contributed by atoms with Crippen LogP contribution in [0.5, 0.6) is 11.5 Å². The largest absolute Gasteiger partial charge is 0.493 e. The quantitative estimate of drug-likeness (QED) is 0.545. The lowest BCUT2D eigenvalue weighted by Gasteiger charge is -2.20. The van der Waals surface area contributed by atoms with Gasteiger partial charge in [0.05, 0.1) is 27.0 Å². The van der Waals surface area contributed by atoms with Crippen LogP contribution in [-0.4, -0.2) is 52.2 Å². The number of nitrogens with one attached hydrogen (secondary N) is 1. The lowest BCUT2D eigenvalue weighted by atomic mass is 10.1. The first-order valence-electron chi connectivity index (χ1n) is 9.40. The van der Waals surface area contributed by atoms with Crippen LogP contribution in [0, 0.1) is 5.82 Å². The highest BCUT2D eigenvalue weighted by Gasteiger charge is 2.21. The number of sulfonamides is 1. The highest BCUT2D eigenvalue weighted by atomic mass is 32.2. The fraction of sp³-hybridized carbons (Fsp3) is 0.381. The Morgan fingerprint density at radius 1 is 1.10 bits per heavy atom. The van der Waals surface area contributed by atoms with E-state index in [4.69, 9.17) is 9.47 Å². The molecule has 2 rings (SSSR count). The van der Waals surface area contributed by atoms with Crippen molar-refractivity contribution >= 4 is 15.9 Å². The lowest BCUT2D eigenvalue weighted by Crippen LogP contribution is -2.40. The predicted molar refractivity (Wildman–Crippen MR) is 113 cm³/mol. The Hall–Kier alpha value is -2.65. The SMILES string of the molecule is COc1ccc(CCCNC(=O)CN(Cc2ccccc2F)S(C)(=O)=O)cc1OC. The lowest BCUT2D eigenvalue weighted by molar-refractivity contribution is -0.121. The molecule has 0 radical (unpaired) electrons. The van der Waals surface area contributed by atoms with Crippen molar-refractivity contribution in [2.24, 2.45) is 0 Å². The molecule has 0 atom stereocenters. The molecule has 0 spiro atoms. The van der Waals surface area contributed by atoms with Gasteiger partial charge in [-0.1, -0.05) is 24.3 Å². The summed E-state index contributed by atoms with van der Waals surface area (Å²) in [5.41, 5.74) is 1.24. The molecule has 1 amide bonds. The molecule has 0 unspecified atom stereocenters. The van der Waals surface area contributed by atoms with Gasteiger partial charge >= 0.3 is 0 Å². The number of rotatable bonds is 11. The van der Waals surface area contributed by atoms with E-state index in [1.54, 1.807) is 20.3 Å². The van der Waals surface area contributed by atoms with Gasteiger partial charge in [0.1, 0.15) is 5.82 Å². The molecule has 0 fully saturated rings. The molecule has 0 aliphatic carbocycles. The van der Waals surface area contributed by atoms with E-state index in [-0.39, 0.29) is 18.7 Å². The molecule has 9 heteroatoms. The van der Waals surface area contributed by atoms with Crippen molar-refractivity contribution in [2.75, 3.05) is 33.6 Å². The van der Waals surface area contributed by atoms with Crippen molar-refractivity contribution in [3.63, 3.8) is 0 Å². The zero-order valence-electron chi connectivity index (χ0n) is 17.4. The van der Waals surface area contributed by atoms with E-state index >= 15 is 0 Å². The molecule has 0 saturated heterocycles. The molecule has 2 aromatic carbocycles. The van der Waals surface area contributed by atoms with Gasteiger partial charge in [-0.25, -0.2) is 12.8 Å². The number of halogens is 1. The number of carbonyl (C=O) groups excluding carboxylic acids is 1. The van der Waals surface area contributed by atoms with Crippen LogP contribution in [0.15, 0.2) is 42.5 Å². The zero-order chi connectivity index (χ0) is 22.1. The molecule has 0 heterocycles. The van der Waals surface area contributed by atoms with Crippen molar-refractivity contribution in [1.29, 1.82) is 0 Å². The van der Waals surface area contributed by atoms with Gasteiger partial charge in [-0.2, -0.15) is 4.31 Å². The van der Waals surface area contributed by atoms with Gasteiger partial charge in [0.2, 0.25) is 15.9 Å². The summed E-state index contributed by atoms with van der Waals surface area (Å²) in [5.74, 6) is 0.326. The molecule has 0 bridgehead atoms. The summed E-state index contributed by atoms with van der Waals surface area (Å²) in [6.45, 7) is -0.196. The van der Waals surface area contributed by atoms with Crippen LogP contribution >= 0.6 is 0 Å². The van der Waals surface area contributed by atoms with Crippen LogP contribution in [0.4, 0.5) is 4.39 Å². The Labute approximate surface area is 176 Å². The van der Waals surface area contributed by atoms with Gasteiger partial charge in [-0.15, -0.1) is 0 Å². The van der Waals surface area contributed by atoms with Crippen LogP contribution in [0.3, 0.4) is 0 Å². The van der Waals surface area contributed by atoms with E-state index in [9.17, 15) is 17.6 Å². The van der Waals surface area contributed by atoms with E-state index in [2.05, 4.69) is 5.32 Å². The number of ether oxygens (including phenoxy) is 2. The van der Waals surface area contributed by atoms with E-state index in [0.717, 1.165) is 16.1 Å². The summed E-state index contributed by atoms with van der Waals surface area (Å²) in [5, 5.41) is 2.71. The Balaban J connectivity index is 1.87.